The van der Waals surface area contributed by atoms with Gasteiger partial charge in [-0.25, -0.2) is 0 Å². The van der Waals surface area contributed by atoms with Gasteiger partial charge in [-0.3, -0.25) is 0 Å². The van der Waals surface area contributed by atoms with Gasteiger partial charge in [-0.1, -0.05) is 11.6 Å². The van der Waals surface area contributed by atoms with Crippen LogP contribution in [-0.2, 0) is 16.3 Å². The average Bonchev–Trinajstić information content (AvgIpc) is 2.17. The topological polar surface area (TPSA) is 43.4 Å². The Kier molecular flexibility index (Phi) is 3.97. The summed E-state index contributed by atoms with van der Waals surface area (Å²) in [6.45, 7) is 0. The zero-order valence-corrected chi connectivity index (χ0v) is 10.1. The van der Waals surface area contributed by atoms with Gasteiger partial charge in [-0.15, -0.1) is 0 Å². The molecule has 0 bridgehead atoms. The molecule has 0 aromatic heterocycles. The SMILES string of the molecule is O=S(=O)(Oc1ccc(Cl)c(C(F)(F)F)c1)C(F)(F)F. The molecule has 1 rings (SSSR count). The van der Waals surface area contributed by atoms with E-state index in [9.17, 15) is 34.8 Å². The molecule has 0 heterocycles. The number of halogens is 7. The highest BCUT2D eigenvalue weighted by atomic mass is 35.5. The highest BCUT2D eigenvalue weighted by molar-refractivity contribution is 7.88. The van der Waals surface area contributed by atoms with E-state index in [-0.39, 0.29) is 6.07 Å². The molecule has 0 fully saturated rings. The summed E-state index contributed by atoms with van der Waals surface area (Å²) in [6, 6.07) is 1.21. The highest BCUT2D eigenvalue weighted by Gasteiger charge is 2.48. The third kappa shape index (κ3) is 3.66. The van der Waals surface area contributed by atoms with Crippen molar-refractivity contribution >= 4 is 21.7 Å². The Morgan fingerprint density at radius 3 is 2.00 bits per heavy atom. The Bertz CT molecular complexity index is 577. The molecule has 0 radical (unpaired) electrons. The van der Waals surface area contributed by atoms with Gasteiger partial charge in [0.2, 0.25) is 0 Å². The lowest BCUT2D eigenvalue weighted by Gasteiger charge is -2.12. The van der Waals surface area contributed by atoms with E-state index in [4.69, 9.17) is 11.6 Å². The van der Waals surface area contributed by atoms with Crippen LogP contribution >= 0.6 is 11.6 Å². The second-order valence-electron chi connectivity index (χ2n) is 3.12. The molecular formula is C8H3ClF6O3S. The molecule has 1 aromatic rings. The fourth-order valence-electron chi connectivity index (χ4n) is 0.947. The predicted octanol–water partition coefficient (Wildman–Crippen LogP) is 3.59. The first-order chi connectivity index (χ1) is 8.34. The molecule has 108 valence electrons. The minimum Gasteiger partial charge on any atom is -0.376 e. The second-order valence-corrected chi connectivity index (χ2v) is 5.07. The maximum atomic E-state index is 12.4. The molecule has 0 unspecified atom stereocenters. The fourth-order valence-corrected chi connectivity index (χ4v) is 1.62. The van der Waals surface area contributed by atoms with Crippen molar-refractivity contribution in [1.29, 1.82) is 0 Å². The van der Waals surface area contributed by atoms with Crippen molar-refractivity contribution in [3.8, 4) is 5.75 Å². The van der Waals surface area contributed by atoms with Gasteiger partial charge < -0.3 is 4.18 Å². The zero-order valence-electron chi connectivity index (χ0n) is 8.51. The largest absolute Gasteiger partial charge is 0.534 e. The molecular weight excluding hydrogens is 326 g/mol. The molecule has 1 aromatic carbocycles. The van der Waals surface area contributed by atoms with Crippen molar-refractivity contribution in [2.24, 2.45) is 0 Å². The van der Waals surface area contributed by atoms with Crippen LogP contribution in [0.1, 0.15) is 5.56 Å². The number of hydrogen-bond acceptors (Lipinski definition) is 3. The summed E-state index contributed by atoms with van der Waals surface area (Å²) in [5.74, 6) is -1.14. The van der Waals surface area contributed by atoms with E-state index < -0.39 is 38.1 Å². The Balaban J connectivity index is 3.20. The first-order valence-corrected chi connectivity index (χ1v) is 6.01. The van der Waals surface area contributed by atoms with Crippen LogP contribution in [0.5, 0.6) is 5.75 Å². The second kappa shape index (κ2) is 4.75. The molecule has 0 N–H and O–H groups in total. The molecule has 0 aliphatic carbocycles. The summed E-state index contributed by atoms with van der Waals surface area (Å²) < 4.78 is 97.8. The zero-order chi connectivity index (χ0) is 15.1. The molecule has 0 saturated carbocycles. The minimum atomic E-state index is -6.04. The van der Waals surface area contributed by atoms with Crippen LogP contribution in [0, 0.1) is 0 Å². The van der Waals surface area contributed by atoms with Gasteiger partial charge in [-0.2, -0.15) is 34.8 Å². The van der Waals surface area contributed by atoms with Crippen LogP contribution in [0.25, 0.3) is 0 Å². The summed E-state index contributed by atoms with van der Waals surface area (Å²) in [5.41, 5.74) is -7.26. The Hall–Kier alpha value is -1.16. The number of alkyl halides is 6. The predicted molar refractivity (Wildman–Crippen MR) is 52.1 cm³/mol. The van der Waals surface area contributed by atoms with Crippen molar-refractivity contribution in [3.05, 3.63) is 28.8 Å². The molecule has 11 heteroatoms. The van der Waals surface area contributed by atoms with Gasteiger partial charge in [0.05, 0.1) is 10.6 Å². The summed E-state index contributed by atoms with van der Waals surface area (Å²) in [4.78, 5) is 0. The minimum absolute atomic E-state index is 0.0611. The maximum Gasteiger partial charge on any atom is 0.534 e. The molecule has 0 aliphatic heterocycles. The molecule has 0 aliphatic rings. The normalized spacial score (nSPS) is 13.4. The maximum absolute atomic E-state index is 12.4. The fraction of sp³-hybridized carbons (Fsp3) is 0.250. The lowest BCUT2D eigenvalue weighted by molar-refractivity contribution is -0.137. The van der Waals surface area contributed by atoms with Gasteiger partial charge in [0.25, 0.3) is 0 Å². The lowest BCUT2D eigenvalue weighted by Crippen LogP contribution is -2.28. The van der Waals surface area contributed by atoms with E-state index in [1.165, 1.54) is 0 Å². The summed E-state index contributed by atoms with van der Waals surface area (Å²) in [6.07, 6.45) is -4.96. The third-order valence-corrected chi connectivity index (χ3v) is 3.04. The third-order valence-electron chi connectivity index (χ3n) is 1.73. The van der Waals surface area contributed by atoms with E-state index >= 15 is 0 Å². The van der Waals surface area contributed by atoms with E-state index in [2.05, 4.69) is 4.18 Å². The molecule has 3 nitrogen and oxygen atoms in total. The van der Waals surface area contributed by atoms with Crippen LogP contribution in [-0.4, -0.2) is 13.9 Å². The first kappa shape index (κ1) is 15.9. The first-order valence-electron chi connectivity index (χ1n) is 4.22. The van der Waals surface area contributed by atoms with Crippen LogP contribution in [0.4, 0.5) is 26.3 Å². The van der Waals surface area contributed by atoms with Gasteiger partial charge in [0.1, 0.15) is 5.75 Å². The lowest BCUT2D eigenvalue weighted by atomic mass is 10.2. The number of hydrogen-bond donors (Lipinski definition) is 0. The van der Waals surface area contributed by atoms with Crippen LogP contribution in [0.3, 0.4) is 0 Å². The summed E-state index contributed by atoms with van der Waals surface area (Å²) >= 11 is 5.19. The van der Waals surface area contributed by atoms with Crippen LogP contribution in [0.15, 0.2) is 18.2 Å². The van der Waals surface area contributed by atoms with Gasteiger partial charge >= 0.3 is 21.8 Å². The van der Waals surface area contributed by atoms with Crippen LogP contribution in [0.2, 0.25) is 5.02 Å². The van der Waals surface area contributed by atoms with E-state index in [1.54, 1.807) is 0 Å². The Morgan fingerprint density at radius 1 is 1.05 bits per heavy atom. The van der Waals surface area contributed by atoms with E-state index in [0.717, 1.165) is 0 Å². The van der Waals surface area contributed by atoms with E-state index in [1.807, 2.05) is 0 Å². The standard InChI is InChI=1S/C8H3ClF6O3S/c9-6-2-1-4(3-5(6)7(10,11)12)18-19(16,17)8(13,14)15/h1-3H. The highest BCUT2D eigenvalue weighted by Crippen LogP contribution is 2.37. The average molecular weight is 329 g/mol. The molecule has 0 spiro atoms. The van der Waals surface area contributed by atoms with Crippen molar-refractivity contribution in [2.75, 3.05) is 0 Å². The molecule has 0 amide bonds. The molecule has 0 saturated heterocycles. The molecule has 0 atom stereocenters. The van der Waals surface area contributed by atoms with Crippen molar-refractivity contribution in [2.45, 2.75) is 11.7 Å². The smallest absolute Gasteiger partial charge is 0.376 e. The molecule has 19 heavy (non-hydrogen) atoms. The van der Waals surface area contributed by atoms with Gasteiger partial charge in [0.15, 0.2) is 0 Å². The van der Waals surface area contributed by atoms with E-state index in [0.29, 0.717) is 12.1 Å². The van der Waals surface area contributed by atoms with Gasteiger partial charge in [-0.05, 0) is 18.2 Å². The number of rotatable bonds is 2. The van der Waals surface area contributed by atoms with Crippen molar-refractivity contribution in [3.63, 3.8) is 0 Å². The number of benzene rings is 1. The van der Waals surface area contributed by atoms with Crippen LogP contribution < -0.4 is 4.18 Å². The quantitative estimate of drug-likeness (QED) is 0.473. The Labute approximate surface area is 107 Å². The van der Waals surface area contributed by atoms with Crippen molar-refractivity contribution < 1.29 is 38.9 Å². The summed E-state index contributed by atoms with van der Waals surface area (Å²) in [5, 5.41) is -0.802. The Morgan fingerprint density at radius 2 is 1.58 bits per heavy atom. The van der Waals surface area contributed by atoms with Crippen molar-refractivity contribution in [1.82, 2.24) is 0 Å². The van der Waals surface area contributed by atoms with Gasteiger partial charge in [0, 0.05) is 0 Å². The summed E-state index contributed by atoms with van der Waals surface area (Å²) in [7, 11) is -6.04. The monoisotopic (exact) mass is 328 g/mol.